The second-order valence-electron chi connectivity index (χ2n) is 10.9. The maximum atomic E-state index is 13.0. The Balaban J connectivity index is 1.47. The summed E-state index contributed by atoms with van der Waals surface area (Å²) in [6.45, 7) is 2.04. The number of aliphatic hydroxyl groups is 2. The molecular formula is C30H31BrN2O5. The summed E-state index contributed by atoms with van der Waals surface area (Å²) in [5.41, 5.74) is -0.819. The van der Waals surface area contributed by atoms with Gasteiger partial charge in [-0.25, -0.2) is 0 Å². The predicted molar refractivity (Wildman–Crippen MR) is 144 cm³/mol. The molecular weight excluding hydrogens is 548 g/mol. The molecule has 0 radical (unpaired) electrons. The largest absolute Gasteiger partial charge is 0.495 e. The molecule has 38 heavy (non-hydrogen) atoms. The molecule has 2 saturated heterocycles. The maximum Gasteiger partial charge on any atom is 0.177 e. The molecule has 7 rings (SSSR count). The Bertz CT molecular complexity index is 1320. The number of methoxy groups -OCH3 is 1. The number of hydrogen-bond acceptors (Lipinski definition) is 7. The van der Waals surface area contributed by atoms with Crippen LogP contribution in [0, 0.1) is 5.92 Å². The van der Waals surface area contributed by atoms with Gasteiger partial charge < -0.3 is 24.4 Å². The van der Waals surface area contributed by atoms with E-state index in [-0.39, 0.29) is 11.8 Å². The number of hydrogen-bond donors (Lipinski definition) is 2. The lowest BCUT2D eigenvalue weighted by Gasteiger charge is -2.41. The average molecular weight is 579 g/mol. The van der Waals surface area contributed by atoms with E-state index in [4.69, 9.17) is 14.2 Å². The normalized spacial score (nSPS) is 35.5. The fourth-order valence-electron chi connectivity index (χ4n) is 7.69. The summed E-state index contributed by atoms with van der Waals surface area (Å²) in [6, 6.07) is 18.7. The van der Waals surface area contributed by atoms with Crippen molar-refractivity contribution in [2.24, 2.45) is 5.92 Å². The zero-order valence-electron chi connectivity index (χ0n) is 21.2. The van der Waals surface area contributed by atoms with Crippen LogP contribution in [0.15, 0.2) is 71.5 Å². The molecule has 7 atom stereocenters. The van der Waals surface area contributed by atoms with Gasteiger partial charge in [-0.3, -0.25) is 9.88 Å². The topological polar surface area (TPSA) is 84.3 Å². The molecule has 1 saturated carbocycles. The number of aliphatic hydroxyl groups excluding tert-OH is 1. The first-order valence-electron chi connectivity index (χ1n) is 13.3. The van der Waals surface area contributed by atoms with Gasteiger partial charge in [0, 0.05) is 34.9 Å². The summed E-state index contributed by atoms with van der Waals surface area (Å²) < 4.78 is 19.4. The highest BCUT2D eigenvalue weighted by atomic mass is 79.9. The molecule has 3 aliphatic heterocycles. The van der Waals surface area contributed by atoms with E-state index in [1.807, 2.05) is 42.5 Å². The van der Waals surface area contributed by atoms with Gasteiger partial charge in [-0.05, 0) is 36.1 Å². The lowest BCUT2D eigenvalue weighted by Crippen LogP contribution is -2.52. The number of ether oxygens (including phenoxy) is 3. The molecule has 1 aromatic heterocycles. The average Bonchev–Trinajstić information content (AvgIpc) is 3.40. The fraction of sp³-hybridized carbons (Fsp3) is 0.433. The number of pyridine rings is 1. The molecule has 3 fully saturated rings. The van der Waals surface area contributed by atoms with Crippen LogP contribution in [-0.2, 0) is 15.9 Å². The first kappa shape index (κ1) is 24.5. The van der Waals surface area contributed by atoms with E-state index in [9.17, 15) is 10.2 Å². The van der Waals surface area contributed by atoms with Crippen LogP contribution in [0.25, 0.3) is 0 Å². The highest BCUT2D eigenvalue weighted by Gasteiger charge is 2.77. The number of nitrogens with zero attached hydrogens (tertiary/aromatic N) is 2. The summed E-state index contributed by atoms with van der Waals surface area (Å²) in [5, 5.41) is 25.3. The molecule has 198 valence electrons. The van der Waals surface area contributed by atoms with Crippen LogP contribution in [0.2, 0.25) is 0 Å². The van der Waals surface area contributed by atoms with Gasteiger partial charge >= 0.3 is 0 Å². The second kappa shape index (κ2) is 9.03. The Labute approximate surface area is 230 Å². The molecule has 8 heteroatoms. The minimum Gasteiger partial charge on any atom is -0.495 e. The third kappa shape index (κ3) is 3.24. The Kier molecular flexibility index (Phi) is 5.83. The molecule has 4 heterocycles. The van der Waals surface area contributed by atoms with Crippen LogP contribution in [-0.4, -0.2) is 65.2 Å². The zero-order valence-corrected chi connectivity index (χ0v) is 22.8. The molecule has 1 aliphatic carbocycles. The van der Waals surface area contributed by atoms with Crippen LogP contribution in [0.3, 0.4) is 0 Å². The smallest absolute Gasteiger partial charge is 0.177 e. The lowest BCUT2D eigenvalue weighted by molar-refractivity contribution is -0.153. The van der Waals surface area contributed by atoms with E-state index in [1.165, 1.54) is 0 Å². The van der Waals surface area contributed by atoms with Crippen LogP contribution < -0.4 is 9.47 Å². The number of halogens is 1. The zero-order chi connectivity index (χ0) is 26.1. The summed E-state index contributed by atoms with van der Waals surface area (Å²) >= 11 is 3.56. The van der Waals surface area contributed by atoms with Gasteiger partial charge in [0.2, 0.25) is 0 Å². The van der Waals surface area contributed by atoms with E-state index >= 15 is 0 Å². The van der Waals surface area contributed by atoms with E-state index in [0.717, 1.165) is 28.4 Å². The molecule has 0 unspecified atom stereocenters. The highest BCUT2D eigenvalue weighted by molar-refractivity contribution is 9.10. The number of fused-ring (bicyclic) bond motifs is 5. The van der Waals surface area contributed by atoms with Crippen LogP contribution in [0.5, 0.6) is 11.5 Å². The minimum atomic E-state index is -1.78. The number of aromatic nitrogens is 1. The van der Waals surface area contributed by atoms with E-state index in [1.54, 1.807) is 19.5 Å². The monoisotopic (exact) mass is 578 g/mol. The number of rotatable bonds is 5. The van der Waals surface area contributed by atoms with Crippen molar-refractivity contribution < 1.29 is 24.4 Å². The summed E-state index contributed by atoms with van der Waals surface area (Å²) in [4.78, 5) is 6.81. The van der Waals surface area contributed by atoms with Crippen LogP contribution in [0.1, 0.15) is 35.4 Å². The van der Waals surface area contributed by atoms with Crippen molar-refractivity contribution in [3.8, 4) is 11.5 Å². The van der Waals surface area contributed by atoms with Crippen molar-refractivity contribution in [3.63, 3.8) is 0 Å². The van der Waals surface area contributed by atoms with Crippen molar-refractivity contribution in [3.05, 3.63) is 88.2 Å². The van der Waals surface area contributed by atoms with Gasteiger partial charge in [-0.1, -0.05) is 58.4 Å². The van der Waals surface area contributed by atoms with Crippen LogP contribution >= 0.6 is 15.9 Å². The van der Waals surface area contributed by atoms with E-state index < -0.39 is 17.3 Å². The van der Waals surface area contributed by atoms with Gasteiger partial charge in [-0.2, -0.15) is 0 Å². The van der Waals surface area contributed by atoms with Crippen LogP contribution in [0.4, 0.5) is 0 Å². The number of morpholine rings is 1. The van der Waals surface area contributed by atoms with Gasteiger partial charge in [0.25, 0.3) is 0 Å². The first-order chi connectivity index (χ1) is 18.5. The molecule has 2 bridgehead atoms. The Morgan fingerprint density at radius 2 is 1.76 bits per heavy atom. The summed E-state index contributed by atoms with van der Waals surface area (Å²) in [5.74, 6) is 0.157. The van der Waals surface area contributed by atoms with E-state index in [0.29, 0.717) is 48.9 Å². The van der Waals surface area contributed by atoms with Gasteiger partial charge in [0.1, 0.15) is 11.5 Å². The predicted octanol–water partition coefficient (Wildman–Crippen LogP) is 3.97. The first-order valence-corrected chi connectivity index (χ1v) is 14.0. The Hall–Kier alpha value is -2.49. The molecule has 7 nitrogen and oxygen atoms in total. The minimum absolute atomic E-state index is 0.321. The van der Waals surface area contributed by atoms with Crippen molar-refractivity contribution in [1.29, 1.82) is 0 Å². The summed E-state index contributed by atoms with van der Waals surface area (Å²) in [7, 11) is 1.55. The maximum absolute atomic E-state index is 13.0. The lowest BCUT2D eigenvalue weighted by atomic mass is 9.70. The van der Waals surface area contributed by atoms with E-state index in [2.05, 4.69) is 37.9 Å². The van der Waals surface area contributed by atoms with Crippen molar-refractivity contribution in [2.75, 3.05) is 26.9 Å². The Morgan fingerprint density at radius 3 is 2.45 bits per heavy atom. The fourth-order valence-corrected chi connectivity index (χ4v) is 7.95. The van der Waals surface area contributed by atoms with Crippen molar-refractivity contribution in [2.45, 2.75) is 48.1 Å². The molecule has 2 N–H and O–H groups in total. The third-order valence-corrected chi connectivity index (χ3v) is 9.79. The molecule has 2 aromatic carbocycles. The van der Waals surface area contributed by atoms with Crippen molar-refractivity contribution in [1.82, 2.24) is 9.88 Å². The standard InChI is InChI=1S/C30H31BrN2O5/c1-36-24-13-32-14-25-27(24)29(35)28(34)23(15-33-21-11-12-22(33)17-37-16-21)26(18-5-3-2-4-6-18)30(29,38-25)19-7-9-20(31)10-8-19/h2-10,13-14,21-23,26,28,34-35H,11-12,15-17H2,1H3/t21-,22+,23-,26-,28-,29+,30+/m1/s1. The quantitative estimate of drug-likeness (QED) is 0.474. The van der Waals surface area contributed by atoms with Gasteiger partial charge in [0.05, 0.1) is 44.4 Å². The van der Waals surface area contributed by atoms with Gasteiger partial charge in [-0.15, -0.1) is 0 Å². The number of benzene rings is 2. The molecule has 4 aliphatic rings. The summed E-state index contributed by atoms with van der Waals surface area (Å²) in [6.07, 6.45) is 4.24. The SMILES string of the molecule is COc1cncc2c1[C@]1(O)[C@H](O)[C@H](CN3[C@@H]4CC[C@H]3COC4)[C@@H](c3ccccc3)[C@]1(c1ccc(Br)cc1)O2. The molecule has 0 spiro atoms. The van der Waals surface area contributed by atoms with Gasteiger partial charge in [0.15, 0.2) is 11.2 Å². The Morgan fingerprint density at radius 1 is 1.05 bits per heavy atom. The third-order valence-electron chi connectivity index (χ3n) is 9.26. The van der Waals surface area contributed by atoms with Crippen molar-refractivity contribution >= 4 is 15.9 Å². The second-order valence-corrected chi connectivity index (χ2v) is 11.9. The highest BCUT2D eigenvalue weighted by Crippen LogP contribution is 2.69. The molecule has 3 aromatic rings. The molecule has 0 amide bonds.